The minimum Gasteiger partial charge on any atom is -0.373 e. The summed E-state index contributed by atoms with van der Waals surface area (Å²) in [6.07, 6.45) is 5.01. The molecule has 1 aromatic heterocycles. The summed E-state index contributed by atoms with van der Waals surface area (Å²) in [5, 5.41) is 3.17. The average Bonchev–Trinajstić information content (AvgIpc) is 2.46. The molecule has 0 aliphatic carbocycles. The predicted molar refractivity (Wildman–Crippen MR) is 79.9 cm³/mol. The summed E-state index contributed by atoms with van der Waals surface area (Å²) < 4.78 is 0. The van der Waals surface area contributed by atoms with Gasteiger partial charge in [0.05, 0.1) is 0 Å². The Morgan fingerprint density at radius 1 is 1.37 bits per heavy atom. The third-order valence-corrected chi connectivity index (χ3v) is 4.08. The highest BCUT2D eigenvalue weighted by atomic mass is 15.2. The van der Waals surface area contributed by atoms with Crippen LogP contribution in [0.3, 0.4) is 0 Å². The highest BCUT2D eigenvalue weighted by Gasteiger charge is 2.23. The molecule has 1 aromatic rings. The van der Waals surface area contributed by atoms with Gasteiger partial charge in [-0.3, -0.25) is 0 Å². The highest BCUT2D eigenvalue weighted by molar-refractivity contribution is 5.58. The molecule has 0 aromatic carbocycles. The number of nitrogens with one attached hydrogen (secondary N) is 1. The SMILES string of the molecule is CCc1c(NC)ncnc1N(C)C1CCN(C)CC1. The summed E-state index contributed by atoms with van der Waals surface area (Å²) in [5.41, 5.74) is 1.21. The molecule has 1 aliphatic rings. The van der Waals surface area contributed by atoms with Crippen LogP contribution in [0, 0.1) is 0 Å². The first-order valence-corrected chi connectivity index (χ1v) is 7.10. The van der Waals surface area contributed by atoms with Gasteiger partial charge in [-0.1, -0.05) is 6.92 Å². The molecule has 0 amide bonds. The fraction of sp³-hybridized carbons (Fsp3) is 0.714. The van der Waals surface area contributed by atoms with Crippen molar-refractivity contribution in [2.45, 2.75) is 32.2 Å². The van der Waals surface area contributed by atoms with Crippen LogP contribution in [-0.4, -0.2) is 55.1 Å². The van der Waals surface area contributed by atoms with Crippen LogP contribution < -0.4 is 10.2 Å². The Labute approximate surface area is 116 Å². The maximum Gasteiger partial charge on any atom is 0.137 e. The van der Waals surface area contributed by atoms with Gasteiger partial charge in [-0.25, -0.2) is 9.97 Å². The Kier molecular flexibility index (Phi) is 4.58. The van der Waals surface area contributed by atoms with Gasteiger partial charge in [0, 0.05) is 25.7 Å². The molecule has 1 aliphatic heterocycles. The van der Waals surface area contributed by atoms with E-state index in [-0.39, 0.29) is 0 Å². The van der Waals surface area contributed by atoms with Crippen molar-refractivity contribution in [3.63, 3.8) is 0 Å². The quantitative estimate of drug-likeness (QED) is 0.894. The Hall–Kier alpha value is -1.36. The zero-order chi connectivity index (χ0) is 13.8. The molecule has 0 saturated carbocycles. The van der Waals surface area contributed by atoms with Gasteiger partial charge >= 0.3 is 0 Å². The molecule has 2 rings (SSSR count). The third-order valence-electron chi connectivity index (χ3n) is 4.08. The molecule has 106 valence electrons. The summed E-state index contributed by atoms with van der Waals surface area (Å²) in [6, 6.07) is 0.584. The third kappa shape index (κ3) is 2.97. The summed E-state index contributed by atoms with van der Waals surface area (Å²) >= 11 is 0. The first kappa shape index (κ1) is 14.1. The molecule has 0 radical (unpaired) electrons. The van der Waals surface area contributed by atoms with E-state index in [1.54, 1.807) is 6.33 Å². The molecule has 1 fully saturated rings. The van der Waals surface area contributed by atoms with Crippen molar-refractivity contribution in [3.8, 4) is 0 Å². The second kappa shape index (κ2) is 6.19. The average molecular weight is 263 g/mol. The molecular formula is C14H25N5. The maximum atomic E-state index is 4.51. The van der Waals surface area contributed by atoms with Crippen molar-refractivity contribution in [1.29, 1.82) is 0 Å². The van der Waals surface area contributed by atoms with Crippen LogP contribution >= 0.6 is 0 Å². The van der Waals surface area contributed by atoms with Crippen molar-refractivity contribution in [2.75, 3.05) is 44.4 Å². The maximum absolute atomic E-state index is 4.51. The number of piperidine rings is 1. The Bertz CT molecular complexity index is 412. The number of likely N-dealkylation sites (tertiary alicyclic amines) is 1. The van der Waals surface area contributed by atoms with Crippen molar-refractivity contribution in [3.05, 3.63) is 11.9 Å². The number of anilines is 2. The van der Waals surface area contributed by atoms with Crippen LogP contribution in [-0.2, 0) is 6.42 Å². The van der Waals surface area contributed by atoms with Gasteiger partial charge in [-0.15, -0.1) is 0 Å². The smallest absolute Gasteiger partial charge is 0.137 e. The van der Waals surface area contributed by atoms with Gasteiger partial charge in [0.1, 0.15) is 18.0 Å². The minimum atomic E-state index is 0.584. The lowest BCUT2D eigenvalue weighted by atomic mass is 10.0. The standard InChI is InChI=1S/C14H25N5/c1-5-12-13(15-2)16-10-17-14(12)19(4)11-6-8-18(3)9-7-11/h10-11H,5-9H2,1-4H3,(H,15,16,17). The summed E-state index contributed by atoms with van der Waals surface area (Å²) in [5.74, 6) is 2.03. The van der Waals surface area contributed by atoms with Crippen LogP contribution in [0.15, 0.2) is 6.33 Å². The lowest BCUT2D eigenvalue weighted by Gasteiger charge is -2.36. The number of hydrogen-bond acceptors (Lipinski definition) is 5. The van der Waals surface area contributed by atoms with Crippen molar-refractivity contribution in [2.24, 2.45) is 0 Å². The van der Waals surface area contributed by atoms with E-state index >= 15 is 0 Å². The van der Waals surface area contributed by atoms with Crippen molar-refractivity contribution in [1.82, 2.24) is 14.9 Å². The number of nitrogens with zero attached hydrogens (tertiary/aromatic N) is 4. The molecule has 1 saturated heterocycles. The molecule has 0 atom stereocenters. The van der Waals surface area contributed by atoms with E-state index in [0.29, 0.717) is 6.04 Å². The Morgan fingerprint density at radius 3 is 2.63 bits per heavy atom. The fourth-order valence-corrected chi connectivity index (χ4v) is 2.80. The summed E-state index contributed by atoms with van der Waals surface area (Å²) in [4.78, 5) is 13.6. The van der Waals surface area contributed by atoms with E-state index in [1.807, 2.05) is 7.05 Å². The monoisotopic (exact) mass is 263 g/mol. The zero-order valence-corrected chi connectivity index (χ0v) is 12.5. The molecule has 1 N–H and O–H groups in total. The van der Waals surface area contributed by atoms with Crippen LogP contribution in [0.25, 0.3) is 0 Å². The summed E-state index contributed by atoms with van der Waals surface area (Å²) in [7, 11) is 6.27. The fourth-order valence-electron chi connectivity index (χ4n) is 2.80. The van der Waals surface area contributed by atoms with E-state index < -0.39 is 0 Å². The highest BCUT2D eigenvalue weighted by Crippen LogP contribution is 2.26. The van der Waals surface area contributed by atoms with Crippen LogP contribution in [0.2, 0.25) is 0 Å². The molecule has 2 heterocycles. The molecular weight excluding hydrogens is 238 g/mol. The van der Waals surface area contributed by atoms with Gasteiger partial charge in [0.15, 0.2) is 0 Å². The van der Waals surface area contributed by atoms with E-state index in [2.05, 4.69) is 46.1 Å². The Morgan fingerprint density at radius 2 is 2.05 bits per heavy atom. The topological polar surface area (TPSA) is 44.3 Å². The van der Waals surface area contributed by atoms with Gasteiger partial charge in [0.2, 0.25) is 0 Å². The molecule has 5 heteroatoms. The van der Waals surface area contributed by atoms with Crippen LogP contribution in [0.5, 0.6) is 0 Å². The van der Waals surface area contributed by atoms with Crippen molar-refractivity contribution >= 4 is 11.6 Å². The second-order valence-corrected chi connectivity index (χ2v) is 5.27. The molecule has 0 unspecified atom stereocenters. The second-order valence-electron chi connectivity index (χ2n) is 5.27. The van der Waals surface area contributed by atoms with E-state index in [4.69, 9.17) is 0 Å². The number of rotatable bonds is 4. The number of aromatic nitrogens is 2. The van der Waals surface area contributed by atoms with E-state index in [1.165, 1.54) is 31.5 Å². The minimum absolute atomic E-state index is 0.584. The van der Waals surface area contributed by atoms with E-state index in [0.717, 1.165) is 18.1 Å². The lowest BCUT2D eigenvalue weighted by Crippen LogP contribution is -2.42. The lowest BCUT2D eigenvalue weighted by molar-refractivity contribution is 0.252. The molecule has 0 bridgehead atoms. The molecule has 5 nitrogen and oxygen atoms in total. The first-order chi connectivity index (χ1) is 9.17. The summed E-state index contributed by atoms with van der Waals surface area (Å²) in [6.45, 7) is 4.49. The zero-order valence-electron chi connectivity index (χ0n) is 12.5. The van der Waals surface area contributed by atoms with E-state index in [9.17, 15) is 0 Å². The Balaban J connectivity index is 2.21. The molecule has 19 heavy (non-hydrogen) atoms. The molecule has 0 spiro atoms. The van der Waals surface area contributed by atoms with Gasteiger partial charge in [-0.2, -0.15) is 0 Å². The van der Waals surface area contributed by atoms with Crippen molar-refractivity contribution < 1.29 is 0 Å². The van der Waals surface area contributed by atoms with Gasteiger partial charge in [-0.05, 0) is 39.4 Å². The first-order valence-electron chi connectivity index (χ1n) is 7.10. The largest absolute Gasteiger partial charge is 0.373 e. The normalized spacial score (nSPS) is 17.5. The van der Waals surface area contributed by atoms with Crippen LogP contribution in [0.1, 0.15) is 25.3 Å². The number of hydrogen-bond donors (Lipinski definition) is 1. The van der Waals surface area contributed by atoms with Gasteiger partial charge in [0.25, 0.3) is 0 Å². The van der Waals surface area contributed by atoms with Gasteiger partial charge < -0.3 is 15.1 Å². The van der Waals surface area contributed by atoms with Crippen LogP contribution in [0.4, 0.5) is 11.6 Å². The predicted octanol–water partition coefficient (Wildman–Crippen LogP) is 1.61.